The zero-order valence-electron chi connectivity index (χ0n) is 13.1. The first-order valence-electron chi connectivity index (χ1n) is 7.47. The van der Waals surface area contributed by atoms with Crippen LogP contribution in [0.25, 0.3) is 0 Å². The molecule has 1 aliphatic heterocycles. The molecule has 8 heteroatoms. The fourth-order valence-electron chi connectivity index (χ4n) is 2.61. The minimum Gasteiger partial charge on any atom is -0.384 e. The summed E-state index contributed by atoms with van der Waals surface area (Å²) < 4.78 is 0. The van der Waals surface area contributed by atoms with Gasteiger partial charge in [-0.2, -0.15) is 0 Å². The number of nitrogens with zero attached hydrogens (tertiary/aromatic N) is 3. The molecule has 1 saturated heterocycles. The van der Waals surface area contributed by atoms with Crippen LogP contribution < -0.4 is 16.0 Å². The van der Waals surface area contributed by atoms with Gasteiger partial charge in [0.15, 0.2) is 0 Å². The van der Waals surface area contributed by atoms with Crippen LogP contribution in [-0.2, 0) is 0 Å². The van der Waals surface area contributed by atoms with E-state index in [1.807, 2.05) is 0 Å². The number of halogens is 2. The topological polar surface area (TPSA) is 84.1 Å². The molecule has 0 aromatic carbocycles. The van der Waals surface area contributed by atoms with Crippen LogP contribution in [0.2, 0.25) is 0 Å². The van der Waals surface area contributed by atoms with E-state index in [0.717, 1.165) is 31.7 Å². The summed E-state index contributed by atoms with van der Waals surface area (Å²) in [5.41, 5.74) is 6.75. The number of piperidine rings is 1. The summed E-state index contributed by atoms with van der Waals surface area (Å²) in [5, 5.41) is 2.84. The normalized spacial score (nSPS) is 13.4. The van der Waals surface area contributed by atoms with Crippen molar-refractivity contribution in [3.05, 3.63) is 42.2 Å². The van der Waals surface area contributed by atoms with Crippen molar-refractivity contribution in [2.75, 3.05) is 29.0 Å². The van der Waals surface area contributed by atoms with E-state index in [9.17, 15) is 4.79 Å². The number of rotatable bonds is 3. The highest BCUT2D eigenvalue weighted by atomic mass is 35.5. The number of nitrogen functional groups attached to an aromatic ring is 1. The van der Waals surface area contributed by atoms with Gasteiger partial charge in [-0.25, -0.2) is 9.97 Å². The molecule has 24 heavy (non-hydrogen) atoms. The van der Waals surface area contributed by atoms with Crippen LogP contribution in [0.5, 0.6) is 0 Å². The van der Waals surface area contributed by atoms with Gasteiger partial charge < -0.3 is 16.0 Å². The Morgan fingerprint density at radius 1 is 1.08 bits per heavy atom. The second-order valence-corrected chi connectivity index (χ2v) is 5.35. The van der Waals surface area contributed by atoms with Gasteiger partial charge in [0.1, 0.15) is 11.6 Å². The van der Waals surface area contributed by atoms with Crippen molar-refractivity contribution >= 4 is 48.0 Å². The molecule has 1 amide bonds. The highest BCUT2D eigenvalue weighted by Crippen LogP contribution is 2.22. The van der Waals surface area contributed by atoms with E-state index in [-0.39, 0.29) is 30.7 Å². The van der Waals surface area contributed by atoms with Crippen LogP contribution >= 0.6 is 24.8 Å². The molecule has 1 fully saturated rings. The van der Waals surface area contributed by atoms with Crippen molar-refractivity contribution in [3.63, 3.8) is 0 Å². The lowest BCUT2D eigenvalue weighted by Gasteiger charge is -2.29. The molecular weight excluding hydrogens is 349 g/mol. The zero-order chi connectivity index (χ0) is 15.4. The van der Waals surface area contributed by atoms with Crippen molar-refractivity contribution in [2.45, 2.75) is 19.3 Å². The number of anilines is 3. The molecule has 3 rings (SSSR count). The molecule has 0 atom stereocenters. The number of carbonyl (C=O) groups is 1. The fraction of sp³-hybridized carbons (Fsp3) is 0.312. The number of hydrogen-bond donors (Lipinski definition) is 2. The Morgan fingerprint density at radius 2 is 1.83 bits per heavy atom. The molecule has 0 bridgehead atoms. The third-order valence-electron chi connectivity index (χ3n) is 3.73. The number of aromatic nitrogens is 2. The van der Waals surface area contributed by atoms with Crippen molar-refractivity contribution in [1.29, 1.82) is 0 Å². The Labute approximate surface area is 153 Å². The lowest BCUT2D eigenvalue weighted by molar-refractivity contribution is 0.102. The molecule has 0 saturated carbocycles. The lowest BCUT2D eigenvalue weighted by Crippen LogP contribution is -2.32. The van der Waals surface area contributed by atoms with E-state index in [4.69, 9.17) is 5.73 Å². The number of nitrogens with two attached hydrogens (primary N) is 1. The average molecular weight is 370 g/mol. The lowest BCUT2D eigenvalue weighted by atomic mass is 10.1. The molecule has 1 aliphatic rings. The fourth-order valence-corrected chi connectivity index (χ4v) is 2.61. The number of hydrogen-bond acceptors (Lipinski definition) is 5. The zero-order valence-corrected chi connectivity index (χ0v) is 14.8. The Morgan fingerprint density at radius 3 is 2.50 bits per heavy atom. The summed E-state index contributed by atoms with van der Waals surface area (Å²) in [6.07, 6.45) is 6.79. The number of amides is 1. The van der Waals surface area contributed by atoms with E-state index in [1.54, 1.807) is 36.7 Å². The number of carbonyl (C=O) groups excluding carboxylic acids is 1. The van der Waals surface area contributed by atoms with E-state index in [1.165, 1.54) is 6.42 Å². The van der Waals surface area contributed by atoms with Gasteiger partial charge in [0.05, 0.1) is 17.4 Å². The van der Waals surface area contributed by atoms with Crippen LogP contribution in [0, 0.1) is 0 Å². The van der Waals surface area contributed by atoms with Gasteiger partial charge in [-0.3, -0.25) is 4.79 Å². The first-order chi connectivity index (χ1) is 10.7. The highest BCUT2D eigenvalue weighted by molar-refractivity contribution is 6.07. The molecule has 2 aromatic rings. The monoisotopic (exact) mass is 369 g/mol. The minimum absolute atomic E-state index is 0. The maximum absolute atomic E-state index is 12.5. The summed E-state index contributed by atoms with van der Waals surface area (Å²) in [5.74, 6) is 0.997. The molecule has 3 heterocycles. The van der Waals surface area contributed by atoms with Gasteiger partial charge in [0.25, 0.3) is 5.91 Å². The summed E-state index contributed by atoms with van der Waals surface area (Å²) in [6, 6.07) is 6.97. The smallest absolute Gasteiger partial charge is 0.259 e. The molecule has 0 aliphatic carbocycles. The summed E-state index contributed by atoms with van der Waals surface area (Å²) in [4.78, 5) is 23.1. The van der Waals surface area contributed by atoms with E-state index >= 15 is 0 Å². The van der Waals surface area contributed by atoms with Crippen molar-refractivity contribution in [1.82, 2.24) is 9.97 Å². The van der Waals surface area contributed by atoms with E-state index in [0.29, 0.717) is 17.1 Å². The number of nitrogens with one attached hydrogen (secondary N) is 1. The Kier molecular flexibility index (Phi) is 7.74. The maximum atomic E-state index is 12.5. The SMILES string of the molecule is Cl.Cl.Nc1ccc(NC(=O)c2cccnc2N2CCCCC2)cn1. The van der Waals surface area contributed by atoms with Crippen molar-refractivity contribution < 1.29 is 4.79 Å². The molecule has 6 nitrogen and oxygen atoms in total. The molecule has 0 unspecified atom stereocenters. The molecule has 2 aromatic heterocycles. The van der Waals surface area contributed by atoms with Gasteiger partial charge >= 0.3 is 0 Å². The van der Waals surface area contributed by atoms with Crippen LogP contribution in [0.4, 0.5) is 17.3 Å². The first-order valence-corrected chi connectivity index (χ1v) is 7.47. The van der Waals surface area contributed by atoms with Gasteiger partial charge in [0, 0.05) is 19.3 Å². The molecule has 3 N–H and O–H groups in total. The Balaban J connectivity index is 0.00000144. The van der Waals surface area contributed by atoms with Gasteiger partial charge in [-0.15, -0.1) is 24.8 Å². The maximum Gasteiger partial charge on any atom is 0.259 e. The van der Waals surface area contributed by atoms with Gasteiger partial charge in [-0.1, -0.05) is 0 Å². The molecule has 130 valence electrons. The second kappa shape index (κ2) is 9.30. The Hall–Kier alpha value is -2.05. The third-order valence-corrected chi connectivity index (χ3v) is 3.73. The van der Waals surface area contributed by atoms with E-state index < -0.39 is 0 Å². The predicted octanol–water partition coefficient (Wildman–Crippen LogP) is 3.15. The number of pyridine rings is 2. The predicted molar refractivity (Wildman–Crippen MR) is 101 cm³/mol. The largest absolute Gasteiger partial charge is 0.384 e. The molecular formula is C16H21Cl2N5O. The van der Waals surface area contributed by atoms with Crippen LogP contribution in [0.3, 0.4) is 0 Å². The van der Waals surface area contributed by atoms with Crippen molar-refractivity contribution in [3.8, 4) is 0 Å². The average Bonchev–Trinajstić information content (AvgIpc) is 2.58. The van der Waals surface area contributed by atoms with Crippen molar-refractivity contribution in [2.24, 2.45) is 0 Å². The summed E-state index contributed by atoms with van der Waals surface area (Å²) in [7, 11) is 0. The second-order valence-electron chi connectivity index (χ2n) is 5.35. The van der Waals surface area contributed by atoms with E-state index in [2.05, 4.69) is 20.2 Å². The standard InChI is InChI=1S/C16H19N5O.2ClH/c17-14-7-6-12(11-19-14)20-16(22)13-5-4-8-18-15(13)21-9-2-1-3-10-21;;/h4-8,11H,1-3,9-10H2,(H2,17,19)(H,20,22);2*1H. The van der Waals surface area contributed by atoms with Gasteiger partial charge in [-0.05, 0) is 43.5 Å². The highest BCUT2D eigenvalue weighted by Gasteiger charge is 2.19. The molecule has 0 radical (unpaired) electrons. The Bertz CT molecular complexity index is 660. The molecule has 0 spiro atoms. The van der Waals surface area contributed by atoms with Crippen LogP contribution in [0.1, 0.15) is 29.6 Å². The first kappa shape index (κ1) is 20.0. The summed E-state index contributed by atoms with van der Waals surface area (Å²) in [6.45, 7) is 1.89. The quantitative estimate of drug-likeness (QED) is 0.867. The third kappa shape index (κ3) is 4.72. The van der Waals surface area contributed by atoms with Gasteiger partial charge in [0.2, 0.25) is 0 Å². The summed E-state index contributed by atoms with van der Waals surface area (Å²) >= 11 is 0. The van der Waals surface area contributed by atoms with Crippen LogP contribution in [0.15, 0.2) is 36.7 Å². The minimum atomic E-state index is -0.180. The van der Waals surface area contributed by atoms with Crippen LogP contribution in [-0.4, -0.2) is 29.0 Å².